The third-order valence-electron chi connectivity index (χ3n) is 5.36. The van der Waals surface area contributed by atoms with Crippen molar-refractivity contribution in [1.82, 2.24) is 4.90 Å². The Kier molecular flexibility index (Phi) is 5.43. The SMILES string of the molecule is Cc1ccc2c(CN(Cc3cccs3)CC3CCCO3)cc(=O)oc2c1C. The maximum atomic E-state index is 12.2. The average molecular weight is 384 g/mol. The molecule has 1 saturated heterocycles. The monoisotopic (exact) mass is 383 g/mol. The molecule has 3 aromatic rings. The molecule has 4 nitrogen and oxygen atoms in total. The van der Waals surface area contributed by atoms with Crippen LogP contribution in [0.2, 0.25) is 0 Å². The molecule has 142 valence electrons. The summed E-state index contributed by atoms with van der Waals surface area (Å²) >= 11 is 1.77. The smallest absolute Gasteiger partial charge is 0.336 e. The van der Waals surface area contributed by atoms with Gasteiger partial charge in [0.1, 0.15) is 5.58 Å². The summed E-state index contributed by atoms with van der Waals surface area (Å²) in [6.07, 6.45) is 2.52. The van der Waals surface area contributed by atoms with Crippen LogP contribution in [0, 0.1) is 13.8 Å². The molecule has 2 aromatic heterocycles. The minimum atomic E-state index is -0.278. The lowest BCUT2D eigenvalue weighted by Gasteiger charge is -2.25. The lowest BCUT2D eigenvalue weighted by molar-refractivity contribution is 0.0683. The molecule has 1 unspecified atom stereocenters. The van der Waals surface area contributed by atoms with Gasteiger partial charge in [-0.05, 0) is 54.8 Å². The minimum absolute atomic E-state index is 0.278. The third-order valence-corrected chi connectivity index (χ3v) is 6.22. The molecule has 1 atom stereocenters. The van der Waals surface area contributed by atoms with E-state index in [1.165, 1.54) is 4.88 Å². The Morgan fingerprint density at radius 2 is 2.11 bits per heavy atom. The number of benzene rings is 1. The Labute approximate surface area is 163 Å². The Morgan fingerprint density at radius 3 is 2.85 bits per heavy atom. The molecule has 1 fully saturated rings. The second kappa shape index (κ2) is 7.97. The van der Waals surface area contributed by atoms with Gasteiger partial charge in [0.2, 0.25) is 0 Å². The van der Waals surface area contributed by atoms with Crippen LogP contribution in [0.4, 0.5) is 0 Å². The topological polar surface area (TPSA) is 42.7 Å². The summed E-state index contributed by atoms with van der Waals surface area (Å²) in [5, 5.41) is 3.14. The molecule has 1 aliphatic rings. The summed E-state index contributed by atoms with van der Waals surface area (Å²) in [5.74, 6) is 0. The lowest BCUT2D eigenvalue weighted by Crippen LogP contribution is -2.31. The summed E-state index contributed by atoms with van der Waals surface area (Å²) in [6.45, 7) is 7.37. The normalized spacial score (nSPS) is 17.2. The molecular formula is C22H25NO3S. The number of fused-ring (bicyclic) bond motifs is 1. The van der Waals surface area contributed by atoms with Crippen LogP contribution in [-0.4, -0.2) is 24.2 Å². The maximum absolute atomic E-state index is 12.2. The standard InChI is InChI=1S/C22H25NO3S/c1-15-7-8-20-17(11-21(24)26-22(20)16(15)2)12-23(13-18-5-3-9-25-18)14-19-6-4-10-27-19/h4,6-8,10-11,18H,3,5,9,12-14H2,1-2H3. The highest BCUT2D eigenvalue weighted by Gasteiger charge is 2.21. The van der Waals surface area contributed by atoms with Gasteiger partial charge < -0.3 is 9.15 Å². The van der Waals surface area contributed by atoms with Crippen LogP contribution in [0.15, 0.2) is 44.9 Å². The van der Waals surface area contributed by atoms with E-state index in [9.17, 15) is 4.79 Å². The second-order valence-corrected chi connectivity index (χ2v) is 8.39. The number of hydrogen-bond acceptors (Lipinski definition) is 5. The van der Waals surface area contributed by atoms with Crippen LogP contribution in [0.1, 0.15) is 34.4 Å². The van der Waals surface area contributed by atoms with E-state index in [2.05, 4.69) is 34.5 Å². The highest BCUT2D eigenvalue weighted by molar-refractivity contribution is 7.09. The Morgan fingerprint density at radius 1 is 1.22 bits per heavy atom. The molecule has 0 aliphatic carbocycles. The highest BCUT2D eigenvalue weighted by atomic mass is 32.1. The third kappa shape index (κ3) is 4.15. The fourth-order valence-corrected chi connectivity index (χ4v) is 4.53. The minimum Gasteiger partial charge on any atom is -0.422 e. The van der Waals surface area contributed by atoms with Gasteiger partial charge >= 0.3 is 5.63 Å². The maximum Gasteiger partial charge on any atom is 0.336 e. The molecule has 0 N–H and O–H groups in total. The first kappa shape index (κ1) is 18.4. The van der Waals surface area contributed by atoms with Crippen molar-refractivity contribution in [2.24, 2.45) is 0 Å². The molecule has 0 saturated carbocycles. The van der Waals surface area contributed by atoms with Crippen molar-refractivity contribution in [2.45, 2.75) is 45.9 Å². The van der Waals surface area contributed by atoms with Crippen molar-refractivity contribution in [2.75, 3.05) is 13.2 Å². The zero-order chi connectivity index (χ0) is 18.8. The number of aryl methyl sites for hydroxylation is 2. The summed E-state index contributed by atoms with van der Waals surface area (Å²) in [6, 6.07) is 10.1. The Hall–Kier alpha value is -1.95. The van der Waals surface area contributed by atoms with Gasteiger partial charge in [-0.1, -0.05) is 18.2 Å². The van der Waals surface area contributed by atoms with E-state index in [1.54, 1.807) is 17.4 Å². The molecule has 4 rings (SSSR count). The Balaban J connectivity index is 1.67. The molecule has 1 aliphatic heterocycles. The van der Waals surface area contributed by atoms with Gasteiger partial charge in [-0.2, -0.15) is 0 Å². The molecule has 3 heterocycles. The van der Waals surface area contributed by atoms with Gasteiger partial charge in [0.05, 0.1) is 6.10 Å². The van der Waals surface area contributed by atoms with E-state index in [0.29, 0.717) is 12.1 Å². The predicted octanol–water partition coefficient (Wildman–Crippen LogP) is 4.65. The van der Waals surface area contributed by atoms with Gasteiger partial charge in [-0.25, -0.2) is 4.79 Å². The van der Waals surface area contributed by atoms with Crippen LogP contribution in [-0.2, 0) is 17.8 Å². The first-order chi connectivity index (χ1) is 13.1. The van der Waals surface area contributed by atoms with Gasteiger partial charge in [0.25, 0.3) is 0 Å². The molecule has 1 aromatic carbocycles. The molecule has 5 heteroatoms. The first-order valence-electron chi connectivity index (χ1n) is 9.49. The van der Waals surface area contributed by atoms with Gasteiger partial charge in [0, 0.05) is 42.6 Å². The average Bonchev–Trinajstić information content (AvgIpc) is 3.32. The van der Waals surface area contributed by atoms with Crippen molar-refractivity contribution in [3.63, 3.8) is 0 Å². The van der Waals surface area contributed by atoms with Crippen LogP contribution in [0.3, 0.4) is 0 Å². The predicted molar refractivity (Wildman–Crippen MR) is 109 cm³/mol. The number of rotatable bonds is 6. The van der Waals surface area contributed by atoms with E-state index in [-0.39, 0.29) is 11.7 Å². The molecular weight excluding hydrogens is 358 g/mol. The van der Waals surface area contributed by atoms with Crippen molar-refractivity contribution in [3.05, 3.63) is 67.7 Å². The summed E-state index contributed by atoms with van der Waals surface area (Å²) in [5.41, 5.74) is 3.64. The van der Waals surface area contributed by atoms with Crippen molar-refractivity contribution in [3.8, 4) is 0 Å². The number of nitrogens with zero attached hydrogens (tertiary/aromatic N) is 1. The molecule has 0 spiro atoms. The second-order valence-electron chi connectivity index (χ2n) is 7.36. The van der Waals surface area contributed by atoms with Crippen molar-refractivity contribution >= 4 is 22.3 Å². The fraction of sp³-hybridized carbons (Fsp3) is 0.409. The summed E-state index contributed by atoms with van der Waals surface area (Å²) in [4.78, 5) is 15.9. The van der Waals surface area contributed by atoms with E-state index in [0.717, 1.165) is 54.6 Å². The summed E-state index contributed by atoms with van der Waals surface area (Å²) < 4.78 is 11.4. The van der Waals surface area contributed by atoms with Gasteiger partial charge in [-0.3, -0.25) is 4.90 Å². The molecule has 0 bridgehead atoms. The molecule has 0 amide bonds. The van der Waals surface area contributed by atoms with Crippen LogP contribution >= 0.6 is 11.3 Å². The lowest BCUT2D eigenvalue weighted by atomic mass is 10.0. The van der Waals surface area contributed by atoms with Crippen molar-refractivity contribution in [1.29, 1.82) is 0 Å². The number of ether oxygens (including phenoxy) is 1. The summed E-state index contributed by atoms with van der Waals surface area (Å²) in [7, 11) is 0. The van der Waals surface area contributed by atoms with E-state index < -0.39 is 0 Å². The van der Waals surface area contributed by atoms with Gasteiger partial charge in [0.15, 0.2) is 0 Å². The van der Waals surface area contributed by atoms with Gasteiger partial charge in [-0.15, -0.1) is 11.3 Å². The van der Waals surface area contributed by atoms with Crippen LogP contribution < -0.4 is 5.63 Å². The zero-order valence-electron chi connectivity index (χ0n) is 15.9. The van der Waals surface area contributed by atoms with E-state index in [4.69, 9.17) is 9.15 Å². The van der Waals surface area contributed by atoms with E-state index in [1.807, 2.05) is 13.8 Å². The fourth-order valence-electron chi connectivity index (χ4n) is 3.78. The number of hydrogen-bond donors (Lipinski definition) is 0. The first-order valence-corrected chi connectivity index (χ1v) is 10.4. The Bertz CT molecular complexity index is 971. The van der Waals surface area contributed by atoms with Crippen LogP contribution in [0.5, 0.6) is 0 Å². The molecule has 27 heavy (non-hydrogen) atoms. The quantitative estimate of drug-likeness (QED) is 0.581. The van der Waals surface area contributed by atoms with E-state index >= 15 is 0 Å². The van der Waals surface area contributed by atoms with Crippen molar-refractivity contribution < 1.29 is 9.15 Å². The number of thiophene rings is 1. The highest BCUT2D eigenvalue weighted by Crippen LogP contribution is 2.26. The largest absolute Gasteiger partial charge is 0.422 e. The van der Waals surface area contributed by atoms with Crippen LogP contribution in [0.25, 0.3) is 11.0 Å². The zero-order valence-corrected chi connectivity index (χ0v) is 16.7. The molecule has 0 radical (unpaired) electrons.